The molecule has 0 atom stereocenters. The van der Waals surface area contributed by atoms with Gasteiger partial charge in [0.2, 0.25) is 10.0 Å². The molecule has 0 aliphatic heterocycles. The van der Waals surface area contributed by atoms with Gasteiger partial charge < -0.3 is 0 Å². The molecule has 3 nitrogen and oxygen atoms in total. The molecule has 2 aromatic carbocycles. The molecular weight excluding hydrogens is 374 g/mol. The smallest absolute Gasteiger partial charge is 0.207 e. The van der Waals surface area contributed by atoms with Crippen LogP contribution in [0.25, 0.3) is 0 Å². The van der Waals surface area contributed by atoms with E-state index >= 15 is 0 Å². The Kier molecular flexibility index (Phi) is 5.09. The summed E-state index contributed by atoms with van der Waals surface area (Å²) < 4.78 is 26.9. The molecule has 0 saturated carbocycles. The molecule has 2 rings (SSSR count). The molecule has 0 N–H and O–H groups in total. The van der Waals surface area contributed by atoms with Crippen LogP contribution >= 0.6 is 27.5 Å². The van der Waals surface area contributed by atoms with Crippen LogP contribution in [0, 0.1) is 6.92 Å². The fourth-order valence-corrected chi connectivity index (χ4v) is 3.69. The average molecular weight is 389 g/mol. The number of halogens is 2. The van der Waals surface area contributed by atoms with Gasteiger partial charge in [0.25, 0.3) is 0 Å². The highest BCUT2D eigenvalue weighted by molar-refractivity contribution is 9.10. The van der Waals surface area contributed by atoms with Crippen molar-refractivity contribution in [2.75, 3.05) is 7.05 Å². The molecule has 0 saturated heterocycles. The molecule has 6 heteroatoms. The van der Waals surface area contributed by atoms with Crippen LogP contribution in [-0.4, -0.2) is 19.8 Å². The first-order chi connectivity index (χ1) is 9.80. The van der Waals surface area contributed by atoms with E-state index in [0.717, 1.165) is 11.1 Å². The Hall–Kier alpha value is -0.880. The van der Waals surface area contributed by atoms with Crippen molar-refractivity contribution in [1.82, 2.24) is 4.31 Å². The first-order valence-electron chi connectivity index (χ1n) is 6.27. The van der Waals surface area contributed by atoms with Gasteiger partial charge >= 0.3 is 0 Å². The van der Waals surface area contributed by atoms with Crippen LogP contribution in [0.3, 0.4) is 0 Å². The number of benzene rings is 2. The average Bonchev–Trinajstić information content (AvgIpc) is 2.44. The van der Waals surface area contributed by atoms with E-state index in [9.17, 15) is 8.42 Å². The topological polar surface area (TPSA) is 37.4 Å². The second-order valence-corrected chi connectivity index (χ2v) is 8.13. The minimum absolute atomic E-state index is 0.216. The summed E-state index contributed by atoms with van der Waals surface area (Å²) in [5.74, 6) is 0. The van der Waals surface area contributed by atoms with E-state index in [4.69, 9.17) is 11.6 Å². The summed E-state index contributed by atoms with van der Waals surface area (Å²) in [7, 11) is -1.97. The summed E-state index contributed by atoms with van der Waals surface area (Å²) in [6.07, 6.45) is 0. The lowest BCUT2D eigenvalue weighted by Crippen LogP contribution is -2.26. The molecule has 0 radical (unpaired) electrons. The molecule has 21 heavy (non-hydrogen) atoms. The number of nitrogens with zero attached hydrogens (tertiary/aromatic N) is 1. The second-order valence-electron chi connectivity index (χ2n) is 4.82. The van der Waals surface area contributed by atoms with E-state index < -0.39 is 10.0 Å². The van der Waals surface area contributed by atoms with Crippen molar-refractivity contribution in [3.8, 4) is 0 Å². The van der Waals surface area contributed by atoms with Crippen molar-refractivity contribution in [3.63, 3.8) is 0 Å². The Morgan fingerprint density at radius 3 is 2.33 bits per heavy atom. The maximum absolute atomic E-state index is 12.5. The molecule has 0 heterocycles. The molecule has 0 fully saturated rings. The van der Waals surface area contributed by atoms with E-state index in [0.29, 0.717) is 16.0 Å². The largest absolute Gasteiger partial charge is 0.243 e. The lowest BCUT2D eigenvalue weighted by molar-refractivity contribution is 0.466. The molecule has 112 valence electrons. The Morgan fingerprint density at radius 2 is 1.76 bits per heavy atom. The van der Waals surface area contributed by atoms with Gasteiger partial charge in [-0.3, -0.25) is 0 Å². The molecule has 0 aromatic heterocycles. The third-order valence-electron chi connectivity index (χ3n) is 3.13. The molecule has 0 spiro atoms. The zero-order chi connectivity index (χ0) is 15.6. The monoisotopic (exact) mass is 387 g/mol. The Morgan fingerprint density at radius 1 is 1.14 bits per heavy atom. The Bertz CT molecular complexity index is 745. The van der Waals surface area contributed by atoms with Crippen LogP contribution in [0.1, 0.15) is 11.1 Å². The van der Waals surface area contributed by atoms with Crippen molar-refractivity contribution in [1.29, 1.82) is 0 Å². The van der Waals surface area contributed by atoms with Gasteiger partial charge in [0.1, 0.15) is 0 Å². The first-order valence-corrected chi connectivity index (χ1v) is 8.89. The minimum Gasteiger partial charge on any atom is -0.207 e. The zero-order valence-electron chi connectivity index (χ0n) is 11.7. The van der Waals surface area contributed by atoms with Crippen LogP contribution in [0.2, 0.25) is 5.02 Å². The Balaban J connectivity index is 2.25. The van der Waals surface area contributed by atoms with Crippen molar-refractivity contribution in [2.45, 2.75) is 18.4 Å². The predicted octanol–water partition coefficient (Wildman–Crippen LogP) is 4.23. The molecule has 0 aliphatic carbocycles. The van der Waals surface area contributed by atoms with E-state index in [1.165, 1.54) is 16.4 Å². The van der Waals surface area contributed by atoms with Gasteiger partial charge in [-0.05, 0) is 46.6 Å². The van der Waals surface area contributed by atoms with Crippen molar-refractivity contribution in [2.24, 2.45) is 0 Å². The minimum atomic E-state index is -3.54. The van der Waals surface area contributed by atoms with E-state index in [-0.39, 0.29) is 4.90 Å². The maximum atomic E-state index is 12.5. The lowest BCUT2D eigenvalue weighted by atomic mass is 10.1. The van der Waals surface area contributed by atoms with Gasteiger partial charge in [-0.2, -0.15) is 4.31 Å². The van der Waals surface area contributed by atoms with Crippen LogP contribution in [0.4, 0.5) is 0 Å². The second kappa shape index (κ2) is 6.48. The molecule has 2 aromatic rings. The van der Waals surface area contributed by atoms with Gasteiger partial charge in [-0.1, -0.05) is 41.4 Å². The molecular formula is C15H15BrClNO2S. The van der Waals surface area contributed by atoms with Crippen LogP contribution < -0.4 is 0 Å². The predicted molar refractivity (Wildman–Crippen MR) is 89.0 cm³/mol. The molecule has 0 aliphatic rings. The number of aryl methyl sites for hydroxylation is 1. The Labute approximate surface area is 138 Å². The van der Waals surface area contributed by atoms with Gasteiger partial charge in [0, 0.05) is 18.1 Å². The van der Waals surface area contributed by atoms with Crippen LogP contribution in [0.5, 0.6) is 0 Å². The normalized spacial score (nSPS) is 11.9. The molecule has 0 bridgehead atoms. The summed E-state index contributed by atoms with van der Waals surface area (Å²) >= 11 is 9.15. The number of hydrogen-bond acceptors (Lipinski definition) is 2. The zero-order valence-corrected chi connectivity index (χ0v) is 14.8. The van der Waals surface area contributed by atoms with E-state index in [1.807, 2.05) is 31.2 Å². The highest BCUT2D eigenvalue weighted by Crippen LogP contribution is 2.27. The van der Waals surface area contributed by atoms with Crippen LogP contribution in [0.15, 0.2) is 51.8 Å². The molecule has 0 amide bonds. The SMILES string of the molecule is Cc1ccc(CN(C)S(=O)(=O)c2ccc(Cl)c(Br)c2)cc1. The fraction of sp³-hybridized carbons (Fsp3) is 0.200. The van der Waals surface area contributed by atoms with E-state index in [1.54, 1.807) is 13.1 Å². The van der Waals surface area contributed by atoms with Crippen molar-refractivity contribution in [3.05, 3.63) is 63.1 Å². The first kappa shape index (κ1) is 16.5. The number of hydrogen-bond donors (Lipinski definition) is 0. The quantitative estimate of drug-likeness (QED) is 0.786. The third kappa shape index (κ3) is 3.86. The third-order valence-corrected chi connectivity index (χ3v) is 6.14. The van der Waals surface area contributed by atoms with Gasteiger partial charge in [0.15, 0.2) is 0 Å². The molecule has 0 unspecified atom stereocenters. The standard InChI is InChI=1S/C15H15BrClNO2S/c1-11-3-5-12(6-4-11)10-18(2)21(19,20)13-7-8-15(17)14(16)9-13/h3-9H,10H2,1-2H3. The summed E-state index contributed by atoms with van der Waals surface area (Å²) in [6.45, 7) is 2.32. The summed E-state index contributed by atoms with van der Waals surface area (Å²) in [4.78, 5) is 0.216. The van der Waals surface area contributed by atoms with Crippen molar-refractivity contribution >= 4 is 37.6 Å². The van der Waals surface area contributed by atoms with Crippen molar-refractivity contribution < 1.29 is 8.42 Å². The number of sulfonamides is 1. The summed E-state index contributed by atoms with van der Waals surface area (Å²) in [5, 5.41) is 0.482. The van der Waals surface area contributed by atoms with Gasteiger partial charge in [-0.15, -0.1) is 0 Å². The van der Waals surface area contributed by atoms with Crippen LogP contribution in [-0.2, 0) is 16.6 Å². The maximum Gasteiger partial charge on any atom is 0.243 e. The highest BCUT2D eigenvalue weighted by atomic mass is 79.9. The summed E-state index contributed by atoms with van der Waals surface area (Å²) in [6, 6.07) is 12.4. The lowest BCUT2D eigenvalue weighted by Gasteiger charge is -2.17. The van der Waals surface area contributed by atoms with E-state index in [2.05, 4.69) is 15.9 Å². The van der Waals surface area contributed by atoms with Gasteiger partial charge in [0.05, 0.1) is 9.92 Å². The number of rotatable bonds is 4. The fourth-order valence-electron chi connectivity index (χ4n) is 1.85. The van der Waals surface area contributed by atoms with Gasteiger partial charge in [-0.25, -0.2) is 8.42 Å². The summed E-state index contributed by atoms with van der Waals surface area (Å²) in [5.41, 5.74) is 2.09. The highest BCUT2D eigenvalue weighted by Gasteiger charge is 2.21.